The maximum Gasteiger partial charge on any atom is 0.191 e. The molecule has 0 aliphatic heterocycles. The van der Waals surface area contributed by atoms with Crippen LogP contribution >= 0.6 is 0 Å². The van der Waals surface area contributed by atoms with Crippen LogP contribution in [0.15, 0.2) is 29.3 Å². The van der Waals surface area contributed by atoms with E-state index in [1.807, 2.05) is 42.9 Å². The molecule has 0 spiro atoms. The Morgan fingerprint density at radius 2 is 1.83 bits per heavy atom. The van der Waals surface area contributed by atoms with Gasteiger partial charge in [-0.05, 0) is 70.9 Å². The third-order valence-electron chi connectivity index (χ3n) is 4.80. The molecular weight excluding hydrogens is 366 g/mol. The number of guanidine groups is 1. The average molecular weight is 402 g/mol. The van der Waals surface area contributed by atoms with Gasteiger partial charge in [0.05, 0.1) is 19.3 Å². The number of nitrogens with one attached hydrogen (secondary N) is 2. The Balaban J connectivity index is 1.93. The van der Waals surface area contributed by atoms with Crippen molar-refractivity contribution in [1.29, 1.82) is 0 Å². The highest BCUT2D eigenvalue weighted by Gasteiger charge is 2.14. The highest BCUT2D eigenvalue weighted by molar-refractivity contribution is 5.80. The van der Waals surface area contributed by atoms with Gasteiger partial charge in [-0.1, -0.05) is 0 Å². The smallest absolute Gasteiger partial charge is 0.191 e. The number of ether oxygens (including phenoxy) is 2. The summed E-state index contributed by atoms with van der Waals surface area (Å²) in [7, 11) is 3.64. The molecule has 1 aromatic heterocycles. The van der Waals surface area contributed by atoms with Crippen LogP contribution in [0.2, 0.25) is 0 Å². The molecule has 0 amide bonds. The van der Waals surface area contributed by atoms with E-state index in [0.29, 0.717) is 6.54 Å². The van der Waals surface area contributed by atoms with Crippen molar-refractivity contribution in [3.63, 3.8) is 0 Å². The third-order valence-corrected chi connectivity index (χ3v) is 4.80. The Kier molecular flexibility index (Phi) is 8.36. The summed E-state index contributed by atoms with van der Waals surface area (Å²) in [5.41, 5.74) is 3.58. The molecular formula is C22H35N5O2. The first kappa shape index (κ1) is 22.6. The van der Waals surface area contributed by atoms with Crippen molar-refractivity contribution in [2.45, 2.75) is 53.2 Å². The van der Waals surface area contributed by atoms with E-state index in [0.717, 1.165) is 36.1 Å². The fraction of sp³-hybridized carbons (Fsp3) is 0.545. The van der Waals surface area contributed by atoms with Gasteiger partial charge in [-0.15, -0.1) is 0 Å². The highest BCUT2D eigenvalue weighted by atomic mass is 16.5. The molecule has 0 saturated heterocycles. The lowest BCUT2D eigenvalue weighted by molar-refractivity contribution is 0.230. The van der Waals surface area contributed by atoms with Crippen molar-refractivity contribution < 1.29 is 9.47 Å². The van der Waals surface area contributed by atoms with Crippen molar-refractivity contribution in [2.75, 3.05) is 20.2 Å². The molecule has 0 radical (unpaired) electrons. The number of rotatable bonds is 9. The van der Waals surface area contributed by atoms with E-state index < -0.39 is 0 Å². The number of hydrogen-bond donors (Lipinski definition) is 2. The molecule has 2 N–H and O–H groups in total. The molecule has 160 valence electrons. The molecule has 7 heteroatoms. The number of hydrogen-bond acceptors (Lipinski definition) is 4. The standard InChI is InChI=1S/C22H35N5O2/c1-8-23-22(25-15(2)13-21-17(4)26-27(6)18(21)5)24-14-16(3)29-20-11-9-19(28-7)10-12-20/h9-12,15-16H,8,13-14H2,1-7H3,(H2,23,24,25). The molecule has 0 aliphatic rings. The molecule has 2 unspecified atom stereocenters. The minimum atomic E-state index is -0.0445. The largest absolute Gasteiger partial charge is 0.497 e. The van der Waals surface area contributed by atoms with Crippen molar-refractivity contribution >= 4 is 5.96 Å². The minimum absolute atomic E-state index is 0.0445. The second-order valence-corrected chi connectivity index (χ2v) is 7.35. The summed E-state index contributed by atoms with van der Waals surface area (Å²) < 4.78 is 13.1. The van der Waals surface area contributed by atoms with Crippen molar-refractivity contribution in [3.05, 3.63) is 41.2 Å². The molecule has 0 saturated carbocycles. The van der Waals surface area contributed by atoms with E-state index >= 15 is 0 Å². The van der Waals surface area contributed by atoms with Crippen LogP contribution in [-0.4, -0.2) is 48.1 Å². The van der Waals surface area contributed by atoms with E-state index in [1.165, 1.54) is 11.3 Å². The Labute approximate surface area is 174 Å². The van der Waals surface area contributed by atoms with Gasteiger partial charge in [0.1, 0.15) is 17.6 Å². The average Bonchev–Trinajstić information content (AvgIpc) is 2.93. The topological polar surface area (TPSA) is 72.7 Å². The van der Waals surface area contributed by atoms with E-state index in [2.05, 4.69) is 43.4 Å². The van der Waals surface area contributed by atoms with Crippen LogP contribution < -0.4 is 20.1 Å². The summed E-state index contributed by atoms with van der Waals surface area (Å²) in [5.74, 6) is 2.42. The number of nitrogens with zero attached hydrogens (tertiary/aromatic N) is 3. The SMILES string of the molecule is CCNC(=NCC(C)Oc1ccc(OC)cc1)NC(C)Cc1c(C)nn(C)c1C. The number of aryl methyl sites for hydroxylation is 2. The van der Waals surface area contributed by atoms with Crippen LogP contribution in [0.25, 0.3) is 0 Å². The molecule has 7 nitrogen and oxygen atoms in total. The van der Waals surface area contributed by atoms with Gasteiger partial charge in [0, 0.05) is 25.3 Å². The lowest BCUT2D eigenvalue weighted by Gasteiger charge is -2.19. The summed E-state index contributed by atoms with van der Waals surface area (Å²) in [5, 5.41) is 11.3. The van der Waals surface area contributed by atoms with E-state index in [1.54, 1.807) is 7.11 Å². The summed E-state index contributed by atoms with van der Waals surface area (Å²) in [6.45, 7) is 11.8. The molecule has 0 fully saturated rings. The zero-order valence-corrected chi connectivity index (χ0v) is 18.7. The van der Waals surface area contributed by atoms with Crippen LogP contribution in [0.4, 0.5) is 0 Å². The van der Waals surface area contributed by atoms with E-state index in [9.17, 15) is 0 Å². The lowest BCUT2D eigenvalue weighted by Crippen LogP contribution is -2.43. The maximum absolute atomic E-state index is 5.95. The Hall–Kier alpha value is -2.70. The molecule has 1 heterocycles. The first-order valence-corrected chi connectivity index (χ1v) is 10.2. The van der Waals surface area contributed by atoms with Crippen LogP contribution in [0, 0.1) is 13.8 Å². The summed E-state index contributed by atoms with van der Waals surface area (Å²) in [6, 6.07) is 7.82. The highest BCUT2D eigenvalue weighted by Crippen LogP contribution is 2.18. The Bertz CT molecular complexity index is 798. The van der Waals surface area contributed by atoms with Crippen LogP contribution in [0.5, 0.6) is 11.5 Å². The first-order valence-electron chi connectivity index (χ1n) is 10.2. The third kappa shape index (κ3) is 6.69. The summed E-state index contributed by atoms with van der Waals surface area (Å²) in [4.78, 5) is 4.70. The summed E-state index contributed by atoms with van der Waals surface area (Å²) >= 11 is 0. The molecule has 1 aromatic carbocycles. The zero-order valence-electron chi connectivity index (χ0n) is 18.7. The van der Waals surface area contributed by atoms with Crippen LogP contribution in [0.3, 0.4) is 0 Å². The van der Waals surface area contributed by atoms with Gasteiger partial charge in [0.25, 0.3) is 0 Å². The van der Waals surface area contributed by atoms with Gasteiger partial charge in [-0.3, -0.25) is 4.68 Å². The van der Waals surface area contributed by atoms with E-state index in [-0.39, 0.29) is 12.1 Å². The molecule has 2 atom stereocenters. The van der Waals surface area contributed by atoms with Crippen molar-refractivity contribution in [1.82, 2.24) is 20.4 Å². The number of aromatic nitrogens is 2. The molecule has 29 heavy (non-hydrogen) atoms. The fourth-order valence-corrected chi connectivity index (χ4v) is 3.17. The number of benzene rings is 1. The van der Waals surface area contributed by atoms with Gasteiger partial charge in [-0.2, -0.15) is 5.10 Å². The van der Waals surface area contributed by atoms with Gasteiger partial charge in [0.15, 0.2) is 5.96 Å². The minimum Gasteiger partial charge on any atom is -0.497 e. The van der Waals surface area contributed by atoms with Gasteiger partial charge in [0.2, 0.25) is 0 Å². The molecule has 0 aliphatic carbocycles. The van der Waals surface area contributed by atoms with E-state index in [4.69, 9.17) is 14.5 Å². The zero-order chi connectivity index (χ0) is 21.4. The maximum atomic E-state index is 5.95. The predicted octanol–water partition coefficient (Wildman–Crippen LogP) is 3.00. The lowest BCUT2D eigenvalue weighted by atomic mass is 10.1. The van der Waals surface area contributed by atoms with Gasteiger partial charge >= 0.3 is 0 Å². The Morgan fingerprint density at radius 1 is 1.17 bits per heavy atom. The quantitative estimate of drug-likeness (QED) is 0.499. The Morgan fingerprint density at radius 3 is 2.38 bits per heavy atom. The molecule has 0 bridgehead atoms. The number of aliphatic imine (C=N–C) groups is 1. The van der Waals surface area contributed by atoms with Crippen molar-refractivity contribution in [3.8, 4) is 11.5 Å². The summed E-state index contributed by atoms with van der Waals surface area (Å²) in [6.07, 6.45) is 0.852. The normalized spacial score (nSPS) is 13.7. The predicted molar refractivity (Wildman–Crippen MR) is 118 cm³/mol. The second kappa shape index (κ2) is 10.7. The fourth-order valence-electron chi connectivity index (χ4n) is 3.17. The monoisotopic (exact) mass is 401 g/mol. The van der Waals surface area contributed by atoms with Gasteiger partial charge < -0.3 is 20.1 Å². The number of methoxy groups -OCH3 is 1. The van der Waals surface area contributed by atoms with Crippen molar-refractivity contribution in [2.24, 2.45) is 12.0 Å². The molecule has 2 aromatic rings. The van der Waals surface area contributed by atoms with Gasteiger partial charge in [-0.25, -0.2) is 4.99 Å². The van der Waals surface area contributed by atoms with Crippen LogP contribution in [-0.2, 0) is 13.5 Å². The second-order valence-electron chi connectivity index (χ2n) is 7.35. The first-order chi connectivity index (χ1) is 13.8. The van der Waals surface area contributed by atoms with Crippen LogP contribution in [0.1, 0.15) is 37.7 Å². The molecule has 2 rings (SSSR count).